The van der Waals surface area contributed by atoms with Gasteiger partial charge in [-0.2, -0.15) is 0 Å². The summed E-state index contributed by atoms with van der Waals surface area (Å²) in [5.41, 5.74) is 13.3. The molecular formula is C52H34N4. The van der Waals surface area contributed by atoms with Crippen molar-refractivity contribution in [2.24, 2.45) is 0 Å². The van der Waals surface area contributed by atoms with Crippen LogP contribution >= 0.6 is 0 Å². The Bertz CT molecular complexity index is 3160. The maximum absolute atomic E-state index is 5.26. The molecule has 0 saturated heterocycles. The predicted molar refractivity (Wildman–Crippen MR) is 232 cm³/mol. The fourth-order valence-electron chi connectivity index (χ4n) is 8.28. The summed E-state index contributed by atoms with van der Waals surface area (Å²) in [6.07, 6.45) is 0. The molecule has 11 rings (SSSR count). The molecule has 0 fully saturated rings. The van der Waals surface area contributed by atoms with Crippen LogP contribution in [-0.4, -0.2) is 19.1 Å². The molecule has 3 aromatic heterocycles. The minimum absolute atomic E-state index is 0.694. The first-order chi connectivity index (χ1) is 27.8. The molecule has 0 unspecified atom stereocenters. The average Bonchev–Trinajstić information content (AvgIpc) is 3.79. The zero-order chi connectivity index (χ0) is 37.0. The first-order valence-electron chi connectivity index (χ1n) is 19.0. The lowest BCUT2D eigenvalue weighted by molar-refractivity contribution is 1.05. The third-order valence-corrected chi connectivity index (χ3v) is 11.0. The number of rotatable bonds is 6. The molecule has 4 heteroatoms. The Kier molecular flexibility index (Phi) is 7.46. The van der Waals surface area contributed by atoms with Crippen LogP contribution in [0.1, 0.15) is 0 Å². The summed E-state index contributed by atoms with van der Waals surface area (Å²) in [6, 6.07) is 73.3. The third-order valence-electron chi connectivity index (χ3n) is 11.0. The number of para-hydroxylation sites is 2. The van der Waals surface area contributed by atoms with Crippen molar-refractivity contribution < 1.29 is 0 Å². The summed E-state index contributed by atoms with van der Waals surface area (Å²) in [5, 5.41) is 4.84. The zero-order valence-electron chi connectivity index (χ0n) is 30.4. The second-order valence-electron chi connectivity index (χ2n) is 14.2. The van der Waals surface area contributed by atoms with Gasteiger partial charge in [0, 0.05) is 44.4 Å². The van der Waals surface area contributed by atoms with Gasteiger partial charge in [-0.1, -0.05) is 164 Å². The highest BCUT2D eigenvalue weighted by Gasteiger charge is 2.18. The lowest BCUT2D eigenvalue weighted by Crippen LogP contribution is -2.02. The van der Waals surface area contributed by atoms with Crippen molar-refractivity contribution >= 4 is 43.6 Å². The molecule has 56 heavy (non-hydrogen) atoms. The quantitative estimate of drug-likeness (QED) is 0.172. The minimum Gasteiger partial charge on any atom is -0.309 e. The molecule has 0 amide bonds. The van der Waals surface area contributed by atoms with Crippen molar-refractivity contribution in [1.29, 1.82) is 0 Å². The van der Waals surface area contributed by atoms with Gasteiger partial charge in [0.05, 0.1) is 27.8 Å². The van der Waals surface area contributed by atoms with Gasteiger partial charge in [-0.15, -0.1) is 0 Å². The number of nitrogens with zero attached hydrogens (tertiary/aromatic N) is 4. The highest BCUT2D eigenvalue weighted by Crippen LogP contribution is 2.39. The standard InChI is InChI=1S/C52H34N4/c1-4-14-35(15-5-1)36-24-28-41(29-25-36)55-47-22-12-10-20-42(47)44-30-26-39(32-49(44)55)40-27-31-45-43-21-11-13-23-48(43)56(50(45)33-40)51-34-46(37-16-6-2-7-17-37)53-52(54-51)38-18-8-3-9-19-38/h1-34H. The largest absolute Gasteiger partial charge is 0.309 e. The fourth-order valence-corrected chi connectivity index (χ4v) is 8.28. The minimum atomic E-state index is 0.694. The van der Waals surface area contributed by atoms with Crippen LogP contribution in [0.25, 0.3) is 100 Å². The third kappa shape index (κ3) is 5.31. The molecule has 0 spiro atoms. The van der Waals surface area contributed by atoms with Gasteiger partial charge in [-0.05, 0) is 58.7 Å². The van der Waals surface area contributed by atoms with E-state index in [1.807, 2.05) is 24.3 Å². The van der Waals surface area contributed by atoms with E-state index in [-0.39, 0.29) is 0 Å². The van der Waals surface area contributed by atoms with E-state index in [2.05, 4.69) is 191 Å². The van der Waals surface area contributed by atoms with Gasteiger partial charge in [0.2, 0.25) is 0 Å². The number of hydrogen-bond donors (Lipinski definition) is 0. The Balaban J connectivity index is 1.11. The molecule has 0 N–H and O–H groups in total. The Morgan fingerprint density at radius 1 is 0.286 bits per heavy atom. The van der Waals surface area contributed by atoms with Crippen LogP contribution in [0, 0.1) is 0 Å². The molecule has 0 saturated carbocycles. The van der Waals surface area contributed by atoms with Crippen LogP contribution in [0.15, 0.2) is 206 Å². The lowest BCUT2D eigenvalue weighted by Gasteiger charge is -2.13. The first-order valence-corrected chi connectivity index (χ1v) is 19.0. The molecule has 0 bridgehead atoms. The van der Waals surface area contributed by atoms with Crippen LogP contribution in [0.5, 0.6) is 0 Å². The summed E-state index contributed by atoms with van der Waals surface area (Å²) >= 11 is 0. The van der Waals surface area contributed by atoms with E-state index in [0.29, 0.717) is 5.82 Å². The molecule has 262 valence electrons. The van der Waals surface area contributed by atoms with Crippen molar-refractivity contribution in [3.63, 3.8) is 0 Å². The number of fused-ring (bicyclic) bond motifs is 6. The monoisotopic (exact) mass is 714 g/mol. The van der Waals surface area contributed by atoms with Gasteiger partial charge in [0.25, 0.3) is 0 Å². The fraction of sp³-hybridized carbons (Fsp3) is 0. The molecule has 3 heterocycles. The van der Waals surface area contributed by atoms with Gasteiger partial charge in [0.15, 0.2) is 5.82 Å². The van der Waals surface area contributed by atoms with E-state index in [9.17, 15) is 0 Å². The Morgan fingerprint density at radius 2 is 0.732 bits per heavy atom. The highest BCUT2D eigenvalue weighted by molar-refractivity contribution is 6.12. The molecule has 0 aliphatic rings. The Hall–Kier alpha value is -7.56. The SMILES string of the molecule is c1ccc(-c2ccc(-n3c4ccccc4c4ccc(-c5ccc6c7ccccc7n(-c7cc(-c8ccccc8)nc(-c8ccccc8)n7)c6c5)cc43)cc2)cc1. The maximum atomic E-state index is 5.26. The van der Waals surface area contributed by atoms with Crippen LogP contribution < -0.4 is 0 Å². The van der Waals surface area contributed by atoms with E-state index in [0.717, 1.165) is 50.5 Å². The maximum Gasteiger partial charge on any atom is 0.162 e. The van der Waals surface area contributed by atoms with E-state index >= 15 is 0 Å². The van der Waals surface area contributed by atoms with Gasteiger partial charge < -0.3 is 4.57 Å². The van der Waals surface area contributed by atoms with Crippen molar-refractivity contribution in [2.75, 3.05) is 0 Å². The van der Waals surface area contributed by atoms with Crippen molar-refractivity contribution in [1.82, 2.24) is 19.1 Å². The van der Waals surface area contributed by atoms with E-state index in [4.69, 9.17) is 9.97 Å². The topological polar surface area (TPSA) is 35.6 Å². The number of hydrogen-bond acceptors (Lipinski definition) is 2. The predicted octanol–water partition coefficient (Wildman–Crippen LogP) is 13.3. The van der Waals surface area contributed by atoms with E-state index < -0.39 is 0 Å². The van der Waals surface area contributed by atoms with Crippen LogP contribution in [0.4, 0.5) is 0 Å². The zero-order valence-corrected chi connectivity index (χ0v) is 30.4. The second-order valence-corrected chi connectivity index (χ2v) is 14.2. The molecule has 0 aliphatic carbocycles. The van der Waals surface area contributed by atoms with Crippen LogP contribution in [0.3, 0.4) is 0 Å². The van der Waals surface area contributed by atoms with Gasteiger partial charge >= 0.3 is 0 Å². The number of aromatic nitrogens is 4. The first kappa shape index (κ1) is 31.9. The molecule has 4 nitrogen and oxygen atoms in total. The highest BCUT2D eigenvalue weighted by atomic mass is 15.1. The van der Waals surface area contributed by atoms with Gasteiger partial charge in [-0.3, -0.25) is 4.57 Å². The summed E-state index contributed by atoms with van der Waals surface area (Å²) in [7, 11) is 0. The van der Waals surface area contributed by atoms with Crippen molar-refractivity contribution in [3.8, 4) is 56.4 Å². The summed E-state index contributed by atoms with van der Waals surface area (Å²) in [6.45, 7) is 0. The van der Waals surface area contributed by atoms with E-state index in [1.165, 1.54) is 43.7 Å². The van der Waals surface area contributed by atoms with E-state index in [1.54, 1.807) is 0 Å². The van der Waals surface area contributed by atoms with Crippen molar-refractivity contribution in [3.05, 3.63) is 206 Å². The molecule has 8 aromatic carbocycles. The smallest absolute Gasteiger partial charge is 0.162 e. The van der Waals surface area contributed by atoms with Crippen LogP contribution in [-0.2, 0) is 0 Å². The molecular weight excluding hydrogens is 681 g/mol. The summed E-state index contributed by atoms with van der Waals surface area (Å²) in [5.74, 6) is 1.52. The molecule has 11 aromatic rings. The molecule has 0 atom stereocenters. The van der Waals surface area contributed by atoms with Gasteiger partial charge in [-0.25, -0.2) is 9.97 Å². The molecule has 0 aliphatic heterocycles. The normalized spacial score (nSPS) is 11.6. The van der Waals surface area contributed by atoms with Crippen molar-refractivity contribution in [2.45, 2.75) is 0 Å². The summed E-state index contributed by atoms with van der Waals surface area (Å²) in [4.78, 5) is 10.3. The summed E-state index contributed by atoms with van der Waals surface area (Å²) < 4.78 is 4.70. The Morgan fingerprint density at radius 3 is 1.34 bits per heavy atom. The average molecular weight is 715 g/mol. The lowest BCUT2D eigenvalue weighted by atomic mass is 10.0. The van der Waals surface area contributed by atoms with Crippen LogP contribution in [0.2, 0.25) is 0 Å². The number of benzene rings is 8. The van der Waals surface area contributed by atoms with Gasteiger partial charge in [0.1, 0.15) is 5.82 Å². The molecule has 0 radical (unpaired) electrons. The second kappa shape index (κ2) is 13.1. The Labute approximate surface area is 324 Å².